The Morgan fingerprint density at radius 2 is 1.39 bits per heavy atom. The van der Waals surface area contributed by atoms with Crippen LogP contribution in [0, 0.1) is 11.8 Å². The molecule has 0 aromatic heterocycles. The number of carbonyl (C=O) groups is 11. The van der Waals surface area contributed by atoms with E-state index >= 15 is 0 Å². The van der Waals surface area contributed by atoms with Gasteiger partial charge in [-0.1, -0.05) is 70.5 Å². The Morgan fingerprint density at radius 1 is 0.763 bits per heavy atom. The second-order valence-corrected chi connectivity index (χ2v) is 21.5. The van der Waals surface area contributed by atoms with Crippen molar-refractivity contribution in [1.82, 2.24) is 42.1 Å². The van der Waals surface area contributed by atoms with Gasteiger partial charge in [-0.3, -0.25) is 52.7 Å². The van der Waals surface area contributed by atoms with E-state index in [1.165, 1.54) is 40.6 Å². The van der Waals surface area contributed by atoms with Crippen LogP contribution in [0.5, 0.6) is 5.75 Å². The van der Waals surface area contributed by atoms with Gasteiger partial charge in [0.05, 0.1) is 13.0 Å². The Labute approximate surface area is 450 Å². The first-order valence-corrected chi connectivity index (χ1v) is 27.6. The smallest absolute Gasteiger partial charge is 0.246 e. The van der Waals surface area contributed by atoms with Gasteiger partial charge in [0.2, 0.25) is 65.0 Å². The zero-order valence-electron chi connectivity index (χ0n) is 43.4. The fraction of sp³-hybridized carbons (Fsp3) is 0.549. The average molecular weight is 1100 g/mol. The molecule has 0 unspecified atom stereocenters. The first-order chi connectivity index (χ1) is 36.1. The maximum absolute atomic E-state index is 14.7. The molecule has 2 heterocycles. The number of hydrogen-bond donors (Lipinski definition) is 11. The number of thioether (sulfide) groups is 2. The number of benzene rings is 2. The van der Waals surface area contributed by atoms with Crippen LogP contribution in [0.1, 0.15) is 95.8 Å². The molecule has 2 aromatic rings. The summed E-state index contributed by atoms with van der Waals surface area (Å²) in [6.07, 6.45) is -0.467. The molecule has 8 atom stereocenters. The van der Waals surface area contributed by atoms with Crippen molar-refractivity contribution < 1.29 is 57.8 Å². The lowest BCUT2D eigenvalue weighted by atomic mass is 9.96. The predicted molar refractivity (Wildman–Crippen MR) is 285 cm³/mol. The van der Waals surface area contributed by atoms with Gasteiger partial charge in [-0.05, 0) is 66.3 Å². The van der Waals surface area contributed by atoms with Crippen molar-refractivity contribution in [3.63, 3.8) is 0 Å². The molecule has 2 aromatic carbocycles. The lowest BCUT2D eigenvalue weighted by molar-refractivity contribution is -0.142. The van der Waals surface area contributed by atoms with Gasteiger partial charge in [-0.15, -0.1) is 0 Å². The van der Waals surface area contributed by atoms with Gasteiger partial charge >= 0.3 is 0 Å². The number of likely N-dealkylation sites (tertiary alicyclic amines) is 1. The molecule has 11 amide bonds. The number of phenols is 1. The Bertz CT molecular complexity index is 2410. The van der Waals surface area contributed by atoms with Crippen LogP contribution in [0.15, 0.2) is 48.5 Å². The van der Waals surface area contributed by atoms with Crippen LogP contribution in [0.3, 0.4) is 0 Å². The van der Waals surface area contributed by atoms with Crippen LogP contribution in [0.4, 0.5) is 0 Å². The number of carbonyl (C=O) groups excluding carboxylic acids is 11. The van der Waals surface area contributed by atoms with Crippen LogP contribution >= 0.6 is 23.5 Å². The highest BCUT2D eigenvalue weighted by Gasteiger charge is 2.41. The fourth-order valence-corrected chi connectivity index (χ4v) is 10.5. The van der Waals surface area contributed by atoms with Gasteiger partial charge in [-0.2, -0.15) is 23.5 Å². The van der Waals surface area contributed by atoms with Crippen LogP contribution in [-0.4, -0.2) is 142 Å². The number of aromatic hydroxyl groups is 1. The monoisotopic (exact) mass is 1100 g/mol. The number of nitrogens with zero attached hydrogens (tertiary/aromatic N) is 1. The average Bonchev–Trinajstić information content (AvgIpc) is 3.87. The maximum Gasteiger partial charge on any atom is 0.246 e. The van der Waals surface area contributed by atoms with E-state index < -0.39 is 133 Å². The summed E-state index contributed by atoms with van der Waals surface area (Å²) in [5, 5.41) is 28.3. The largest absolute Gasteiger partial charge is 0.508 e. The lowest BCUT2D eigenvalue weighted by Gasteiger charge is -2.31. The molecule has 2 aliphatic heterocycles. The van der Waals surface area contributed by atoms with E-state index in [1.54, 1.807) is 26.0 Å². The fourth-order valence-electron chi connectivity index (χ4n) is 8.49. The van der Waals surface area contributed by atoms with E-state index in [-0.39, 0.29) is 56.1 Å². The summed E-state index contributed by atoms with van der Waals surface area (Å²) in [5.74, 6) is -8.30. The summed E-state index contributed by atoms with van der Waals surface area (Å²) in [7, 11) is 0. The van der Waals surface area contributed by atoms with Gasteiger partial charge < -0.3 is 64.4 Å². The van der Waals surface area contributed by atoms with Gasteiger partial charge in [0.15, 0.2) is 0 Å². The molecular weight excluding hydrogens is 1020 g/mol. The number of phenolic OH excluding ortho intramolecular Hbond substituents is 1. The summed E-state index contributed by atoms with van der Waals surface area (Å²) in [6, 6.07) is 4.19. The Hall–Kier alpha value is -6.89. The molecule has 2 aliphatic rings. The number of nitrogens with one attached hydrogen (secondary N) is 7. The highest BCUT2D eigenvalue weighted by molar-refractivity contribution is 7.98. The van der Waals surface area contributed by atoms with Crippen molar-refractivity contribution in [3.05, 3.63) is 65.2 Å². The van der Waals surface area contributed by atoms with E-state index in [0.717, 1.165) is 11.1 Å². The minimum absolute atomic E-state index is 0.0104. The molecule has 0 spiro atoms. The first-order valence-electron chi connectivity index (χ1n) is 25.3. The lowest BCUT2D eigenvalue weighted by Crippen LogP contribution is -2.61. The van der Waals surface area contributed by atoms with Crippen LogP contribution in [0.2, 0.25) is 0 Å². The molecule has 4 rings (SSSR count). The Kier molecular flexibility index (Phi) is 24.8. The number of nitrogens with two attached hydrogens (primary N) is 3. The van der Waals surface area contributed by atoms with Crippen LogP contribution in [0.25, 0.3) is 0 Å². The minimum atomic E-state index is -1.75. The number of hydrogen-bond acceptors (Lipinski definition) is 14. The third-order valence-corrected chi connectivity index (χ3v) is 14.9. The molecule has 76 heavy (non-hydrogen) atoms. The topological polar surface area (TPSA) is 374 Å². The van der Waals surface area contributed by atoms with Gasteiger partial charge in [0.25, 0.3) is 0 Å². The molecule has 25 heteroatoms. The molecule has 0 aliphatic carbocycles. The molecule has 416 valence electrons. The van der Waals surface area contributed by atoms with E-state index in [2.05, 4.69) is 37.2 Å². The van der Waals surface area contributed by atoms with Crippen LogP contribution < -0.4 is 54.4 Å². The van der Waals surface area contributed by atoms with Crippen molar-refractivity contribution in [2.75, 3.05) is 24.6 Å². The molecule has 0 bridgehead atoms. The summed E-state index contributed by atoms with van der Waals surface area (Å²) >= 11 is 2.74. The molecule has 0 radical (unpaired) electrons. The standard InChI is InChI=1S/C51H73N11O12S2/c1-5-29(4)44-50(73)57-34(16-17-40(52)64)46(69)58-37(23-41(53)65)47(70)60-38(51(74)62-19-8-11-39(62)49(72)59-35(21-28(2)3)45(68)55-24-42(54)66)27-76-26-32-10-7-6-9-31(32)25-75-20-18-43(67)56-36(48(71)61-44)22-30-12-14-33(63)15-13-30/h6-7,9-10,12-15,28-29,34-39,44,63H,5,8,11,16-27H2,1-4H3,(H2,52,64)(H2,53,65)(H2,54,66)(H,55,68)(H,56,67)(H,57,73)(H,58,69)(H,59,72)(H,60,70)(H,61,71)/t29-,34-,35-,36-,37-,38-,39-,44-/m0/s1. The molecule has 1 saturated heterocycles. The van der Waals surface area contributed by atoms with Gasteiger partial charge in [-0.25, -0.2) is 0 Å². The van der Waals surface area contributed by atoms with Gasteiger partial charge in [0, 0.05) is 48.8 Å². The molecular formula is C51H73N11O12S2. The zero-order chi connectivity index (χ0) is 56.1. The normalized spacial score (nSPS) is 22.4. The van der Waals surface area contributed by atoms with E-state index in [1.807, 2.05) is 38.1 Å². The zero-order valence-corrected chi connectivity index (χ0v) is 45.0. The second kappa shape index (κ2) is 30.6. The summed E-state index contributed by atoms with van der Waals surface area (Å²) in [6.45, 7) is 6.75. The molecule has 1 fully saturated rings. The van der Waals surface area contributed by atoms with Crippen molar-refractivity contribution in [2.24, 2.45) is 29.0 Å². The van der Waals surface area contributed by atoms with Crippen molar-refractivity contribution in [1.29, 1.82) is 0 Å². The number of fused-ring (bicyclic) bond motifs is 1. The SMILES string of the molecule is CC[C@H](C)[C@@H]1NC(=O)[C@H](Cc2ccc(O)cc2)NC(=O)CCSCc2ccccc2CSC[C@@H](C(=O)N2CCC[C@H]2C(=O)N[C@@H](CC(C)C)C(=O)NCC(N)=O)NC(=O)[C@H](CC(N)=O)NC(=O)[C@H](CCC(N)=O)NC1=O. The molecule has 23 nitrogen and oxygen atoms in total. The number of primary amides is 3. The predicted octanol–water partition coefficient (Wildman–Crippen LogP) is -0.761. The van der Waals surface area contributed by atoms with E-state index in [9.17, 15) is 57.8 Å². The summed E-state index contributed by atoms with van der Waals surface area (Å²) < 4.78 is 0. The van der Waals surface area contributed by atoms with Crippen molar-refractivity contribution in [2.45, 2.75) is 139 Å². The summed E-state index contributed by atoms with van der Waals surface area (Å²) in [4.78, 5) is 150. The highest BCUT2D eigenvalue weighted by atomic mass is 32.2. The first kappa shape index (κ1) is 61.7. The number of amides is 11. The molecule has 0 saturated carbocycles. The quantitative estimate of drug-likeness (QED) is 0.0928. The van der Waals surface area contributed by atoms with Crippen LogP contribution in [-0.2, 0) is 70.7 Å². The third kappa shape index (κ3) is 20.0. The number of rotatable bonds is 17. The molecule has 14 N–H and O–H groups in total. The van der Waals surface area contributed by atoms with E-state index in [0.29, 0.717) is 35.7 Å². The Balaban J connectivity index is 1.73. The summed E-state index contributed by atoms with van der Waals surface area (Å²) in [5.41, 5.74) is 18.7. The van der Waals surface area contributed by atoms with E-state index in [4.69, 9.17) is 17.2 Å². The minimum Gasteiger partial charge on any atom is -0.508 e. The maximum atomic E-state index is 14.7. The second-order valence-electron chi connectivity index (χ2n) is 19.4. The third-order valence-electron chi connectivity index (χ3n) is 12.8. The van der Waals surface area contributed by atoms with Gasteiger partial charge in [0.1, 0.15) is 48.0 Å². The highest BCUT2D eigenvalue weighted by Crippen LogP contribution is 2.25. The Morgan fingerprint density at radius 3 is 2.01 bits per heavy atom. The van der Waals surface area contributed by atoms with Crippen molar-refractivity contribution >= 4 is 88.5 Å². The van der Waals surface area contributed by atoms with Crippen molar-refractivity contribution in [3.8, 4) is 5.75 Å².